The van der Waals surface area contributed by atoms with Gasteiger partial charge in [0.15, 0.2) is 0 Å². The Hall–Kier alpha value is -3.55. The Balaban J connectivity index is 1.02. The Labute approximate surface area is 302 Å². The second-order valence-electron chi connectivity index (χ2n) is 14.9. The van der Waals surface area contributed by atoms with E-state index in [-0.39, 0.29) is 47.3 Å². The summed E-state index contributed by atoms with van der Waals surface area (Å²) in [7, 11) is 0. The lowest BCUT2D eigenvalue weighted by molar-refractivity contribution is -0.143. The molecule has 0 aromatic heterocycles. The molecule has 5 fully saturated rings. The highest BCUT2D eigenvalue weighted by Crippen LogP contribution is 2.39. The van der Waals surface area contributed by atoms with E-state index in [4.69, 9.17) is 17.3 Å². The highest BCUT2D eigenvalue weighted by molar-refractivity contribution is 6.33. The normalized spacial score (nSPS) is 25.3. The molecule has 0 radical (unpaired) electrons. The Morgan fingerprint density at radius 2 is 1.63 bits per heavy atom. The predicted octanol–water partition coefficient (Wildman–Crippen LogP) is 4.81. The molecule has 8 rings (SSSR count). The second-order valence-corrected chi connectivity index (χ2v) is 15.3. The molecule has 6 aliphatic heterocycles. The van der Waals surface area contributed by atoms with Crippen LogP contribution >= 0.6 is 11.6 Å². The zero-order valence-corrected chi connectivity index (χ0v) is 29.6. The third kappa shape index (κ3) is 7.80. The van der Waals surface area contributed by atoms with Crippen LogP contribution in [0.15, 0.2) is 36.4 Å². The SMILES string of the molecule is Nc1c(Cl)cc(CC(CC(=O)N2CCC(N3CCc4ccccc4NC3=O)CC2)C(=O)N2CCN([C@@H]3CN4CCC3CC4)CC2)cc1C(F)(F)F. The maximum Gasteiger partial charge on any atom is 0.418 e. The zero-order valence-electron chi connectivity index (χ0n) is 28.8. The summed E-state index contributed by atoms with van der Waals surface area (Å²) in [4.78, 5) is 51.5. The van der Waals surface area contributed by atoms with Crippen molar-refractivity contribution in [2.75, 3.05) is 76.5 Å². The number of nitrogens with one attached hydrogen (secondary N) is 1. The lowest BCUT2D eigenvalue weighted by Gasteiger charge is -2.51. The van der Waals surface area contributed by atoms with Crippen LogP contribution in [0.1, 0.15) is 48.8 Å². The van der Waals surface area contributed by atoms with E-state index in [0.29, 0.717) is 57.5 Å². The summed E-state index contributed by atoms with van der Waals surface area (Å²) in [5, 5.41) is 2.79. The number of piperazine rings is 1. The number of carbonyl (C=O) groups is 3. The number of urea groups is 1. The fourth-order valence-electron chi connectivity index (χ4n) is 8.94. The van der Waals surface area contributed by atoms with E-state index in [1.807, 2.05) is 29.2 Å². The highest BCUT2D eigenvalue weighted by Gasteiger charge is 2.40. The van der Waals surface area contributed by atoms with E-state index >= 15 is 0 Å². The summed E-state index contributed by atoms with van der Waals surface area (Å²) in [5.41, 5.74) is 6.22. The van der Waals surface area contributed by atoms with Gasteiger partial charge in [-0.2, -0.15) is 13.2 Å². The molecule has 2 aromatic rings. The first-order valence-electron chi connectivity index (χ1n) is 18.3. The lowest BCUT2D eigenvalue weighted by atomic mass is 9.83. The first kappa shape index (κ1) is 35.8. The van der Waals surface area contributed by atoms with Crippen molar-refractivity contribution in [3.63, 3.8) is 0 Å². The molecular formula is C37H47ClF3N7O3. The van der Waals surface area contributed by atoms with Gasteiger partial charge in [0.1, 0.15) is 0 Å². The molecule has 6 aliphatic rings. The van der Waals surface area contributed by atoms with Gasteiger partial charge in [0.25, 0.3) is 0 Å². The Kier molecular flexibility index (Phi) is 10.4. The molecule has 2 bridgehead atoms. The van der Waals surface area contributed by atoms with Gasteiger partial charge in [-0.25, -0.2) is 4.79 Å². The number of piperidine rings is 4. The minimum atomic E-state index is -4.72. The molecule has 276 valence electrons. The molecule has 51 heavy (non-hydrogen) atoms. The van der Waals surface area contributed by atoms with Gasteiger partial charge in [-0.1, -0.05) is 29.8 Å². The van der Waals surface area contributed by atoms with E-state index < -0.39 is 23.3 Å². The number of carbonyl (C=O) groups excluding carboxylic acids is 3. The topological polar surface area (TPSA) is 105 Å². The molecule has 0 saturated carbocycles. The molecule has 14 heteroatoms. The van der Waals surface area contributed by atoms with Gasteiger partial charge < -0.3 is 30.7 Å². The molecule has 10 nitrogen and oxygen atoms in total. The van der Waals surface area contributed by atoms with Crippen molar-refractivity contribution < 1.29 is 27.6 Å². The monoisotopic (exact) mass is 729 g/mol. The average molecular weight is 730 g/mol. The van der Waals surface area contributed by atoms with Crippen LogP contribution < -0.4 is 11.1 Å². The quantitative estimate of drug-likeness (QED) is 0.397. The summed E-state index contributed by atoms with van der Waals surface area (Å²) in [6.07, 6.45) is -0.594. The molecule has 4 amide bonds. The van der Waals surface area contributed by atoms with Crippen LogP contribution in [0, 0.1) is 11.8 Å². The van der Waals surface area contributed by atoms with Crippen molar-refractivity contribution in [1.29, 1.82) is 0 Å². The first-order valence-corrected chi connectivity index (χ1v) is 18.7. The third-order valence-corrected chi connectivity index (χ3v) is 12.2. The number of fused-ring (bicyclic) bond motifs is 4. The molecule has 1 unspecified atom stereocenters. The van der Waals surface area contributed by atoms with Crippen LogP contribution in [0.4, 0.5) is 29.3 Å². The largest absolute Gasteiger partial charge is 0.418 e. The Bertz CT molecular complexity index is 1620. The van der Waals surface area contributed by atoms with Gasteiger partial charge in [0.05, 0.1) is 22.2 Å². The van der Waals surface area contributed by atoms with Crippen molar-refractivity contribution in [3.05, 3.63) is 58.1 Å². The second kappa shape index (κ2) is 14.8. The number of para-hydroxylation sites is 1. The molecule has 0 aliphatic carbocycles. The minimum Gasteiger partial charge on any atom is -0.397 e. The number of likely N-dealkylation sites (tertiary alicyclic amines) is 1. The van der Waals surface area contributed by atoms with Crippen LogP contribution in [-0.2, 0) is 28.6 Å². The minimum absolute atomic E-state index is 0.0361. The molecule has 5 saturated heterocycles. The summed E-state index contributed by atoms with van der Waals surface area (Å²) < 4.78 is 41.6. The number of halogens is 4. The van der Waals surface area contributed by atoms with Crippen LogP contribution in [-0.4, -0.2) is 120 Å². The molecule has 2 aromatic carbocycles. The van der Waals surface area contributed by atoms with E-state index in [1.165, 1.54) is 18.9 Å². The number of nitrogen functional groups attached to an aromatic ring is 1. The molecule has 2 atom stereocenters. The summed E-state index contributed by atoms with van der Waals surface area (Å²) in [6.45, 7) is 7.27. The van der Waals surface area contributed by atoms with E-state index in [0.717, 1.165) is 56.5 Å². The van der Waals surface area contributed by atoms with Crippen molar-refractivity contribution in [2.24, 2.45) is 11.8 Å². The van der Waals surface area contributed by atoms with Gasteiger partial charge in [0.2, 0.25) is 11.8 Å². The van der Waals surface area contributed by atoms with Gasteiger partial charge >= 0.3 is 12.2 Å². The number of hydrogen-bond donors (Lipinski definition) is 2. The number of nitrogens with two attached hydrogens (primary N) is 1. The van der Waals surface area contributed by atoms with Gasteiger partial charge in [-0.3, -0.25) is 14.5 Å². The van der Waals surface area contributed by atoms with E-state index in [2.05, 4.69) is 15.1 Å². The average Bonchev–Trinajstić information content (AvgIpc) is 3.30. The molecular weight excluding hydrogens is 683 g/mol. The standard InChI is InChI=1S/C37H47ClF3N7O3/c38-30-21-24(20-29(34(30)42)37(39,40)41)19-27(35(50)47-17-15-45(16-18-47)32-23-44-10-5-26(32)6-11-44)22-33(49)46-12-8-28(9-13-46)48-14-7-25-3-1-2-4-31(25)43-36(48)51/h1-4,20-21,26-28,32H,5-19,22-23,42H2,(H,43,51)/t27?,32-/m1/s1. The number of nitrogens with zero attached hydrogens (tertiary/aromatic N) is 5. The predicted molar refractivity (Wildman–Crippen MR) is 189 cm³/mol. The van der Waals surface area contributed by atoms with Crippen LogP contribution in [0.25, 0.3) is 0 Å². The van der Waals surface area contributed by atoms with Crippen molar-refractivity contribution in [3.8, 4) is 0 Å². The van der Waals surface area contributed by atoms with E-state index in [1.54, 1.807) is 9.80 Å². The molecule has 0 spiro atoms. The maximum absolute atomic E-state index is 14.2. The number of amides is 4. The third-order valence-electron chi connectivity index (χ3n) is 11.9. The fourth-order valence-corrected chi connectivity index (χ4v) is 9.18. The fraction of sp³-hybridized carbons (Fsp3) is 0.595. The number of anilines is 2. The van der Waals surface area contributed by atoms with Crippen LogP contribution in [0.3, 0.4) is 0 Å². The van der Waals surface area contributed by atoms with E-state index in [9.17, 15) is 27.6 Å². The highest BCUT2D eigenvalue weighted by atomic mass is 35.5. The van der Waals surface area contributed by atoms with Gasteiger partial charge in [-0.05, 0) is 86.9 Å². The molecule has 6 heterocycles. The zero-order chi connectivity index (χ0) is 35.9. The smallest absolute Gasteiger partial charge is 0.397 e. The summed E-state index contributed by atoms with van der Waals surface area (Å²) in [5.74, 6) is -0.638. The molecule has 3 N–H and O–H groups in total. The van der Waals surface area contributed by atoms with Crippen LogP contribution in [0.2, 0.25) is 5.02 Å². The van der Waals surface area contributed by atoms with Crippen molar-refractivity contribution in [1.82, 2.24) is 24.5 Å². The number of alkyl halides is 3. The number of hydrogen-bond acceptors (Lipinski definition) is 6. The summed E-state index contributed by atoms with van der Waals surface area (Å²) in [6, 6.07) is 10.4. The Morgan fingerprint density at radius 1 is 0.922 bits per heavy atom. The van der Waals surface area contributed by atoms with Gasteiger partial charge in [0, 0.05) is 76.5 Å². The Morgan fingerprint density at radius 3 is 2.29 bits per heavy atom. The van der Waals surface area contributed by atoms with Crippen molar-refractivity contribution in [2.45, 2.75) is 63.2 Å². The first-order chi connectivity index (χ1) is 24.4. The summed E-state index contributed by atoms with van der Waals surface area (Å²) >= 11 is 6.17. The number of benzene rings is 2. The van der Waals surface area contributed by atoms with Crippen LogP contribution in [0.5, 0.6) is 0 Å². The number of rotatable bonds is 7. The van der Waals surface area contributed by atoms with Crippen molar-refractivity contribution >= 4 is 40.8 Å². The maximum atomic E-state index is 14.2. The van der Waals surface area contributed by atoms with Gasteiger partial charge in [-0.15, -0.1) is 0 Å². The lowest BCUT2D eigenvalue weighted by Crippen LogP contribution is -2.61.